The van der Waals surface area contributed by atoms with Crippen molar-refractivity contribution in [3.8, 4) is 6.07 Å². The summed E-state index contributed by atoms with van der Waals surface area (Å²) in [6.45, 7) is 1.43. The van der Waals surface area contributed by atoms with Crippen LogP contribution in [0.5, 0.6) is 0 Å². The lowest BCUT2D eigenvalue weighted by Crippen LogP contribution is -2.32. The topological polar surface area (TPSA) is 112 Å². The first-order valence-electron chi connectivity index (χ1n) is 10.7. The number of aryl methyl sites for hydroxylation is 1. The minimum Gasteiger partial charge on any atom is -0.395 e. The highest BCUT2D eigenvalue weighted by Crippen LogP contribution is 2.38. The van der Waals surface area contributed by atoms with E-state index in [4.69, 9.17) is 5.21 Å². The van der Waals surface area contributed by atoms with Crippen LogP contribution in [0.25, 0.3) is 17.0 Å². The van der Waals surface area contributed by atoms with E-state index >= 15 is 0 Å². The number of hydroxylamine groups is 1. The van der Waals surface area contributed by atoms with E-state index in [9.17, 15) is 15.2 Å². The number of aliphatic hydroxyl groups excluding tert-OH is 1. The lowest BCUT2D eigenvalue weighted by atomic mass is 9.98. The molecule has 4 rings (SSSR count). The Kier molecular flexibility index (Phi) is 6.66. The lowest BCUT2D eigenvalue weighted by molar-refractivity contribution is -0.124. The number of nitriles is 1. The summed E-state index contributed by atoms with van der Waals surface area (Å²) < 4.78 is 0. The Morgan fingerprint density at radius 2 is 2.16 bits per heavy atom. The molecule has 0 spiro atoms. The van der Waals surface area contributed by atoms with Gasteiger partial charge in [-0.3, -0.25) is 14.9 Å². The molecule has 164 valence electrons. The summed E-state index contributed by atoms with van der Waals surface area (Å²) in [5, 5.41) is 29.2. The number of H-pyrrole nitrogens is 1. The average molecular weight is 431 g/mol. The van der Waals surface area contributed by atoms with Crippen molar-refractivity contribution < 1.29 is 15.1 Å². The number of amides is 1. The number of nitrogens with zero attached hydrogens (tertiary/aromatic N) is 2. The van der Waals surface area contributed by atoms with Crippen LogP contribution in [0, 0.1) is 11.3 Å². The van der Waals surface area contributed by atoms with Crippen molar-refractivity contribution in [2.45, 2.75) is 25.3 Å². The minimum absolute atomic E-state index is 0.0713. The second-order valence-corrected chi connectivity index (χ2v) is 7.98. The molecule has 1 aromatic heterocycles. The fourth-order valence-electron chi connectivity index (χ4n) is 4.63. The Morgan fingerprint density at radius 3 is 2.94 bits per heavy atom. The van der Waals surface area contributed by atoms with Gasteiger partial charge in [-0.1, -0.05) is 24.3 Å². The first kappa shape index (κ1) is 21.8. The van der Waals surface area contributed by atoms with E-state index in [1.165, 1.54) is 17.0 Å². The molecule has 0 bridgehead atoms. The van der Waals surface area contributed by atoms with Crippen LogP contribution < -0.4 is 5.48 Å². The van der Waals surface area contributed by atoms with Crippen LogP contribution >= 0.6 is 0 Å². The highest BCUT2D eigenvalue weighted by atomic mass is 16.5. The number of benzene rings is 2. The zero-order valence-corrected chi connectivity index (χ0v) is 17.7. The standard InChI is InChI=1S/C25H26N4O3/c26-15-20-14-22-18(13-17(20)6-8-25(31)28-32)5-7-24(22)29(11-12-30)10-9-19-16-27-23-4-2-1-3-21(19)23/h1-4,6,8,13-14,16,24,27,30,32H,5,7,9-12H2,(H,28,31)/b8-6+. The number of para-hydroxylation sites is 1. The van der Waals surface area contributed by atoms with Crippen LogP contribution in [-0.2, 0) is 17.6 Å². The van der Waals surface area contributed by atoms with Crippen molar-refractivity contribution in [1.82, 2.24) is 15.4 Å². The smallest absolute Gasteiger partial charge is 0.267 e. The molecule has 0 saturated heterocycles. The van der Waals surface area contributed by atoms with E-state index in [2.05, 4.69) is 34.3 Å². The number of carbonyl (C=O) groups excluding carboxylic acids is 1. The lowest BCUT2D eigenvalue weighted by Gasteiger charge is -2.29. The maximum absolute atomic E-state index is 11.3. The maximum Gasteiger partial charge on any atom is 0.267 e. The Hall–Kier alpha value is -3.44. The van der Waals surface area contributed by atoms with E-state index in [0.717, 1.165) is 42.5 Å². The molecule has 1 heterocycles. The van der Waals surface area contributed by atoms with Crippen LogP contribution in [0.3, 0.4) is 0 Å². The first-order chi connectivity index (χ1) is 15.6. The van der Waals surface area contributed by atoms with Gasteiger partial charge in [0.1, 0.15) is 0 Å². The van der Waals surface area contributed by atoms with Crippen molar-refractivity contribution in [1.29, 1.82) is 5.26 Å². The number of hydrogen-bond donors (Lipinski definition) is 4. The number of hydrogen-bond acceptors (Lipinski definition) is 5. The predicted octanol–water partition coefficient (Wildman–Crippen LogP) is 3.08. The van der Waals surface area contributed by atoms with Gasteiger partial charge in [0.25, 0.3) is 5.91 Å². The molecule has 0 radical (unpaired) electrons. The van der Waals surface area contributed by atoms with Crippen molar-refractivity contribution in [2.24, 2.45) is 0 Å². The summed E-state index contributed by atoms with van der Waals surface area (Å²) >= 11 is 0. The van der Waals surface area contributed by atoms with Gasteiger partial charge in [-0.15, -0.1) is 0 Å². The summed E-state index contributed by atoms with van der Waals surface area (Å²) in [6.07, 6.45) is 7.44. The molecule has 4 N–H and O–H groups in total. The number of carbonyl (C=O) groups is 1. The largest absolute Gasteiger partial charge is 0.395 e. The fraction of sp³-hybridized carbons (Fsp3) is 0.280. The summed E-state index contributed by atoms with van der Waals surface area (Å²) in [6, 6.07) is 14.4. The predicted molar refractivity (Wildman–Crippen MR) is 122 cm³/mol. The quantitative estimate of drug-likeness (QED) is 0.249. The molecule has 0 saturated carbocycles. The van der Waals surface area contributed by atoms with Crippen LogP contribution in [0.4, 0.5) is 0 Å². The number of nitrogens with one attached hydrogen (secondary N) is 2. The molecular formula is C25H26N4O3. The van der Waals surface area contributed by atoms with Crippen molar-refractivity contribution >= 4 is 22.9 Å². The van der Waals surface area contributed by atoms with Gasteiger partial charge in [0.05, 0.1) is 18.2 Å². The summed E-state index contributed by atoms with van der Waals surface area (Å²) in [5.74, 6) is -0.640. The van der Waals surface area contributed by atoms with E-state index in [-0.39, 0.29) is 12.6 Å². The van der Waals surface area contributed by atoms with Crippen molar-refractivity contribution in [3.63, 3.8) is 0 Å². The molecule has 1 amide bonds. The third-order valence-corrected chi connectivity index (χ3v) is 6.17. The molecule has 2 aromatic carbocycles. The minimum atomic E-state index is -0.640. The molecule has 7 nitrogen and oxygen atoms in total. The highest BCUT2D eigenvalue weighted by molar-refractivity contribution is 5.91. The summed E-state index contributed by atoms with van der Waals surface area (Å²) in [4.78, 5) is 16.9. The zero-order chi connectivity index (χ0) is 22.5. The highest BCUT2D eigenvalue weighted by Gasteiger charge is 2.29. The third-order valence-electron chi connectivity index (χ3n) is 6.17. The first-order valence-corrected chi connectivity index (χ1v) is 10.7. The Bertz CT molecular complexity index is 1190. The molecule has 0 fully saturated rings. The van der Waals surface area contributed by atoms with E-state index in [1.54, 1.807) is 11.6 Å². The Balaban J connectivity index is 1.57. The molecule has 1 atom stereocenters. The van der Waals surface area contributed by atoms with Crippen LogP contribution in [0.2, 0.25) is 0 Å². The van der Waals surface area contributed by atoms with Crippen molar-refractivity contribution in [2.75, 3.05) is 19.7 Å². The zero-order valence-electron chi connectivity index (χ0n) is 17.7. The van der Waals surface area contributed by atoms with Crippen molar-refractivity contribution in [3.05, 3.63) is 76.5 Å². The SMILES string of the molecule is N#Cc1cc2c(cc1/C=C/C(=O)NO)CCC2N(CCO)CCc1c[nH]c2ccccc12. The van der Waals surface area contributed by atoms with Crippen LogP contribution in [0.1, 0.15) is 40.3 Å². The number of aromatic amines is 1. The van der Waals surface area contributed by atoms with E-state index in [0.29, 0.717) is 17.7 Å². The number of rotatable bonds is 8. The maximum atomic E-state index is 11.3. The number of aliphatic hydroxyl groups is 1. The Morgan fingerprint density at radius 1 is 1.31 bits per heavy atom. The number of fused-ring (bicyclic) bond motifs is 2. The number of aromatic nitrogens is 1. The molecular weight excluding hydrogens is 404 g/mol. The van der Waals surface area contributed by atoms with Gasteiger partial charge >= 0.3 is 0 Å². The van der Waals surface area contributed by atoms with Gasteiger partial charge in [0, 0.05) is 42.3 Å². The molecule has 1 aliphatic carbocycles. The third kappa shape index (κ3) is 4.43. The van der Waals surface area contributed by atoms with Gasteiger partial charge in [0.15, 0.2) is 0 Å². The summed E-state index contributed by atoms with van der Waals surface area (Å²) in [7, 11) is 0. The molecule has 7 heteroatoms. The monoisotopic (exact) mass is 430 g/mol. The van der Waals surface area contributed by atoms with E-state index in [1.807, 2.05) is 24.3 Å². The van der Waals surface area contributed by atoms with E-state index < -0.39 is 5.91 Å². The average Bonchev–Trinajstić information content (AvgIpc) is 3.43. The fourth-order valence-corrected chi connectivity index (χ4v) is 4.63. The Labute approximate surface area is 186 Å². The molecule has 32 heavy (non-hydrogen) atoms. The van der Waals surface area contributed by atoms with Gasteiger partial charge in [0.2, 0.25) is 0 Å². The molecule has 3 aromatic rings. The second kappa shape index (κ2) is 9.79. The summed E-state index contributed by atoms with van der Waals surface area (Å²) in [5.41, 5.74) is 7.33. The van der Waals surface area contributed by atoms with Crippen LogP contribution in [0.15, 0.2) is 48.7 Å². The molecule has 0 aliphatic heterocycles. The van der Waals surface area contributed by atoms with Gasteiger partial charge in [-0.05, 0) is 59.7 Å². The molecule has 1 unspecified atom stereocenters. The van der Waals surface area contributed by atoms with Gasteiger partial charge < -0.3 is 10.1 Å². The van der Waals surface area contributed by atoms with Crippen LogP contribution in [-0.4, -0.2) is 45.8 Å². The van der Waals surface area contributed by atoms with Gasteiger partial charge in [-0.25, -0.2) is 5.48 Å². The second-order valence-electron chi connectivity index (χ2n) is 7.98. The molecule has 1 aliphatic rings. The van der Waals surface area contributed by atoms with Gasteiger partial charge in [-0.2, -0.15) is 5.26 Å². The normalized spacial score (nSPS) is 15.4.